The van der Waals surface area contributed by atoms with Crippen molar-refractivity contribution in [2.45, 2.75) is 26.5 Å². The Labute approximate surface area is 133 Å². The van der Waals surface area contributed by atoms with Gasteiger partial charge >= 0.3 is 0 Å². The minimum atomic E-state index is -0.264. The molecule has 0 spiro atoms. The summed E-state index contributed by atoms with van der Waals surface area (Å²) in [6.07, 6.45) is 0. The van der Waals surface area contributed by atoms with Crippen LogP contribution in [0.5, 0.6) is 5.75 Å². The first-order chi connectivity index (χ1) is 10.1. The Kier molecular flexibility index (Phi) is 5.76. The van der Waals surface area contributed by atoms with Gasteiger partial charge in [0.05, 0.1) is 4.47 Å². The topological polar surface area (TPSA) is 21.3 Å². The number of hydrogen-bond donors (Lipinski definition) is 1. The summed E-state index contributed by atoms with van der Waals surface area (Å²) in [4.78, 5) is 0. The first-order valence-corrected chi connectivity index (χ1v) is 7.79. The summed E-state index contributed by atoms with van der Waals surface area (Å²) in [7, 11) is 0. The van der Waals surface area contributed by atoms with Gasteiger partial charge in [-0.1, -0.05) is 25.1 Å². The summed E-state index contributed by atoms with van der Waals surface area (Å²) in [5.41, 5.74) is 2.11. The average molecular weight is 352 g/mol. The first kappa shape index (κ1) is 16.0. The third kappa shape index (κ3) is 4.55. The van der Waals surface area contributed by atoms with E-state index in [2.05, 4.69) is 41.2 Å². The molecule has 1 N–H and O–H groups in total. The maximum Gasteiger partial charge on any atom is 0.137 e. The van der Waals surface area contributed by atoms with Crippen LogP contribution in [0.25, 0.3) is 0 Å². The van der Waals surface area contributed by atoms with E-state index in [9.17, 15) is 4.39 Å². The van der Waals surface area contributed by atoms with E-state index in [1.807, 2.05) is 18.2 Å². The van der Waals surface area contributed by atoms with E-state index in [0.717, 1.165) is 17.9 Å². The highest BCUT2D eigenvalue weighted by Gasteiger charge is 2.06. The van der Waals surface area contributed by atoms with Crippen molar-refractivity contribution in [2.24, 2.45) is 0 Å². The van der Waals surface area contributed by atoms with Crippen molar-refractivity contribution in [1.29, 1.82) is 0 Å². The van der Waals surface area contributed by atoms with E-state index in [-0.39, 0.29) is 5.82 Å². The van der Waals surface area contributed by atoms with Crippen molar-refractivity contribution in [2.75, 3.05) is 6.54 Å². The van der Waals surface area contributed by atoms with Gasteiger partial charge in [0.15, 0.2) is 0 Å². The lowest BCUT2D eigenvalue weighted by atomic mass is 10.1. The average Bonchev–Trinajstić information content (AvgIpc) is 2.49. The van der Waals surface area contributed by atoms with Crippen molar-refractivity contribution in [3.8, 4) is 5.75 Å². The Bertz CT molecular complexity index is 603. The molecular weight excluding hydrogens is 333 g/mol. The highest BCUT2D eigenvalue weighted by Crippen LogP contribution is 2.21. The lowest BCUT2D eigenvalue weighted by molar-refractivity contribution is 0.305. The molecule has 0 aromatic heterocycles. The van der Waals surface area contributed by atoms with Crippen LogP contribution in [0.4, 0.5) is 4.39 Å². The summed E-state index contributed by atoms with van der Waals surface area (Å²) >= 11 is 3.18. The molecule has 1 atom stereocenters. The number of nitrogens with one attached hydrogen (secondary N) is 1. The number of benzene rings is 2. The van der Waals surface area contributed by atoms with Crippen LogP contribution in [0.3, 0.4) is 0 Å². The van der Waals surface area contributed by atoms with Crippen molar-refractivity contribution < 1.29 is 9.13 Å². The third-order valence-electron chi connectivity index (χ3n) is 3.26. The quantitative estimate of drug-likeness (QED) is 0.803. The predicted molar refractivity (Wildman–Crippen MR) is 87.0 cm³/mol. The van der Waals surface area contributed by atoms with E-state index < -0.39 is 0 Å². The Morgan fingerprint density at radius 3 is 2.76 bits per heavy atom. The summed E-state index contributed by atoms with van der Waals surface area (Å²) < 4.78 is 19.4. The molecule has 4 heteroatoms. The van der Waals surface area contributed by atoms with Gasteiger partial charge in [-0.05, 0) is 64.8 Å². The molecule has 112 valence electrons. The van der Waals surface area contributed by atoms with Crippen LogP contribution in [0, 0.1) is 5.82 Å². The van der Waals surface area contributed by atoms with Gasteiger partial charge in [0.25, 0.3) is 0 Å². The predicted octanol–water partition coefficient (Wildman–Crippen LogP) is 4.84. The lowest BCUT2D eigenvalue weighted by Crippen LogP contribution is -2.17. The Hall–Kier alpha value is -1.39. The molecular formula is C17H19BrFNO. The summed E-state index contributed by atoms with van der Waals surface area (Å²) in [5, 5.41) is 3.37. The fourth-order valence-corrected chi connectivity index (χ4v) is 2.52. The zero-order valence-electron chi connectivity index (χ0n) is 12.2. The number of rotatable bonds is 6. The number of ether oxygens (including phenoxy) is 1. The second-order valence-electron chi connectivity index (χ2n) is 4.89. The molecule has 0 amide bonds. The molecule has 21 heavy (non-hydrogen) atoms. The van der Waals surface area contributed by atoms with Crippen LogP contribution < -0.4 is 10.1 Å². The number of hydrogen-bond acceptors (Lipinski definition) is 2. The van der Waals surface area contributed by atoms with Gasteiger partial charge in [0.1, 0.15) is 18.2 Å². The van der Waals surface area contributed by atoms with Crippen LogP contribution in [-0.2, 0) is 6.61 Å². The highest BCUT2D eigenvalue weighted by atomic mass is 79.9. The van der Waals surface area contributed by atoms with Gasteiger partial charge in [-0.3, -0.25) is 0 Å². The second-order valence-corrected chi connectivity index (χ2v) is 5.74. The first-order valence-electron chi connectivity index (χ1n) is 7.00. The largest absolute Gasteiger partial charge is 0.489 e. The molecule has 0 heterocycles. The molecule has 0 aliphatic rings. The van der Waals surface area contributed by atoms with E-state index in [4.69, 9.17) is 4.74 Å². The van der Waals surface area contributed by atoms with Gasteiger partial charge in [-0.25, -0.2) is 4.39 Å². The zero-order chi connectivity index (χ0) is 15.2. The molecule has 0 saturated heterocycles. The maximum absolute atomic E-state index is 13.2. The molecule has 1 unspecified atom stereocenters. The Morgan fingerprint density at radius 2 is 2.05 bits per heavy atom. The normalized spacial score (nSPS) is 12.2. The molecule has 0 bridgehead atoms. The molecule has 2 aromatic rings. The monoisotopic (exact) mass is 351 g/mol. The molecule has 0 saturated carbocycles. The molecule has 0 aliphatic heterocycles. The third-order valence-corrected chi connectivity index (χ3v) is 3.87. The van der Waals surface area contributed by atoms with Gasteiger partial charge in [0, 0.05) is 6.04 Å². The maximum atomic E-state index is 13.2. The van der Waals surface area contributed by atoms with Crippen molar-refractivity contribution >= 4 is 15.9 Å². The van der Waals surface area contributed by atoms with E-state index in [1.165, 1.54) is 11.6 Å². The number of halogens is 2. The van der Waals surface area contributed by atoms with Crippen molar-refractivity contribution in [3.05, 3.63) is 63.9 Å². The second kappa shape index (κ2) is 7.57. The summed E-state index contributed by atoms with van der Waals surface area (Å²) in [6, 6.07) is 13.2. The summed E-state index contributed by atoms with van der Waals surface area (Å²) in [6.45, 7) is 5.55. The standard InChI is InChI=1S/C17H19BrFNO/c1-3-20-12(2)14-5-4-6-15(10-14)21-11-13-7-8-17(19)16(18)9-13/h4-10,12,20H,3,11H2,1-2H3. The van der Waals surface area contributed by atoms with Crippen LogP contribution in [0.1, 0.15) is 31.0 Å². The minimum absolute atomic E-state index is 0.264. The van der Waals surface area contributed by atoms with E-state index in [0.29, 0.717) is 17.1 Å². The Balaban J connectivity index is 2.02. The van der Waals surface area contributed by atoms with Crippen LogP contribution >= 0.6 is 15.9 Å². The van der Waals surface area contributed by atoms with Crippen LogP contribution in [-0.4, -0.2) is 6.54 Å². The molecule has 0 radical (unpaired) electrons. The SMILES string of the molecule is CCNC(C)c1cccc(OCc2ccc(F)c(Br)c2)c1. The van der Waals surface area contributed by atoms with Crippen molar-refractivity contribution in [3.63, 3.8) is 0 Å². The van der Waals surface area contributed by atoms with E-state index >= 15 is 0 Å². The highest BCUT2D eigenvalue weighted by molar-refractivity contribution is 9.10. The van der Waals surface area contributed by atoms with Gasteiger partial charge < -0.3 is 10.1 Å². The van der Waals surface area contributed by atoms with E-state index in [1.54, 1.807) is 12.1 Å². The molecule has 0 aliphatic carbocycles. The summed E-state index contributed by atoms with van der Waals surface area (Å²) in [5.74, 6) is 0.554. The smallest absolute Gasteiger partial charge is 0.137 e. The fourth-order valence-electron chi connectivity index (χ4n) is 2.09. The van der Waals surface area contributed by atoms with Crippen molar-refractivity contribution in [1.82, 2.24) is 5.32 Å². The molecule has 2 nitrogen and oxygen atoms in total. The van der Waals surface area contributed by atoms with Gasteiger partial charge in [-0.2, -0.15) is 0 Å². The molecule has 2 aromatic carbocycles. The van der Waals surface area contributed by atoms with Crippen LogP contribution in [0.15, 0.2) is 46.9 Å². The van der Waals surface area contributed by atoms with Crippen LogP contribution in [0.2, 0.25) is 0 Å². The van der Waals surface area contributed by atoms with Gasteiger partial charge in [-0.15, -0.1) is 0 Å². The zero-order valence-corrected chi connectivity index (χ0v) is 13.8. The fraction of sp³-hybridized carbons (Fsp3) is 0.294. The molecule has 2 rings (SSSR count). The van der Waals surface area contributed by atoms with Gasteiger partial charge in [0.2, 0.25) is 0 Å². The minimum Gasteiger partial charge on any atom is -0.489 e. The lowest BCUT2D eigenvalue weighted by Gasteiger charge is -2.14. The Morgan fingerprint density at radius 1 is 1.24 bits per heavy atom. The molecule has 0 fully saturated rings.